The molecular weight excluding hydrogens is 385 g/mol. The van der Waals surface area contributed by atoms with Gasteiger partial charge in [0.1, 0.15) is 5.82 Å². The average Bonchev–Trinajstić information content (AvgIpc) is 2.96. The van der Waals surface area contributed by atoms with Gasteiger partial charge >= 0.3 is 5.97 Å². The van der Waals surface area contributed by atoms with Crippen LogP contribution in [-0.4, -0.2) is 57.5 Å². The monoisotopic (exact) mass is 397 g/mol. The van der Waals surface area contributed by atoms with Gasteiger partial charge in [-0.25, -0.2) is 13.9 Å². The van der Waals surface area contributed by atoms with Crippen LogP contribution in [0.15, 0.2) is 34.9 Å². The zero-order valence-corrected chi connectivity index (χ0v) is 13.9. The van der Waals surface area contributed by atoms with Crippen molar-refractivity contribution in [3.05, 3.63) is 46.4 Å². The number of hydrogen-bond acceptors (Lipinski definition) is 4. The second-order valence-corrected chi connectivity index (χ2v) is 6.05. The molecule has 1 aliphatic heterocycles. The molecule has 24 heavy (non-hydrogen) atoms. The summed E-state index contributed by atoms with van der Waals surface area (Å²) in [6.45, 7) is 0.404. The maximum absolute atomic E-state index is 13.0. The number of rotatable bonds is 3. The van der Waals surface area contributed by atoms with E-state index in [1.54, 1.807) is 6.20 Å². The fraction of sp³-hybridized carbons (Fsp3) is 0.267. The molecule has 0 saturated carbocycles. The number of carboxylic acids is 1. The summed E-state index contributed by atoms with van der Waals surface area (Å²) in [6, 6.07) is 5.67. The van der Waals surface area contributed by atoms with Gasteiger partial charge in [0.2, 0.25) is 0 Å². The van der Waals surface area contributed by atoms with E-state index in [0.29, 0.717) is 16.7 Å². The molecule has 1 N–H and O–H groups in total. The fourth-order valence-corrected chi connectivity index (χ4v) is 2.80. The normalized spacial score (nSPS) is 17.8. The average molecular weight is 398 g/mol. The Labute approximate surface area is 144 Å². The first-order chi connectivity index (χ1) is 11.5. The number of halogens is 2. The lowest BCUT2D eigenvalue weighted by molar-refractivity contribution is -0.154. The van der Waals surface area contributed by atoms with Crippen molar-refractivity contribution in [2.75, 3.05) is 19.7 Å². The lowest BCUT2D eigenvalue weighted by atomic mass is 10.2. The molecule has 1 atom stereocenters. The minimum Gasteiger partial charge on any atom is -0.479 e. The third-order valence-electron chi connectivity index (χ3n) is 3.59. The van der Waals surface area contributed by atoms with Gasteiger partial charge in [-0.3, -0.25) is 4.79 Å². The van der Waals surface area contributed by atoms with Crippen molar-refractivity contribution >= 4 is 27.8 Å². The lowest BCUT2D eigenvalue weighted by Gasteiger charge is -2.30. The molecule has 1 unspecified atom stereocenters. The molecule has 1 saturated heterocycles. The lowest BCUT2D eigenvalue weighted by Crippen LogP contribution is -2.48. The SMILES string of the molecule is O=C(O)C1CN(C(=O)c2nn(-c3ccc(F)cc3)cc2Br)CCO1. The highest BCUT2D eigenvalue weighted by molar-refractivity contribution is 9.10. The molecule has 1 aromatic heterocycles. The van der Waals surface area contributed by atoms with E-state index < -0.39 is 18.0 Å². The molecule has 1 fully saturated rings. The predicted molar refractivity (Wildman–Crippen MR) is 84.5 cm³/mol. The van der Waals surface area contributed by atoms with Gasteiger partial charge in [0, 0.05) is 12.7 Å². The Morgan fingerprint density at radius 2 is 2.04 bits per heavy atom. The highest BCUT2D eigenvalue weighted by Crippen LogP contribution is 2.21. The first kappa shape index (κ1) is 16.6. The Kier molecular flexibility index (Phi) is 4.63. The van der Waals surface area contributed by atoms with Crippen LogP contribution in [-0.2, 0) is 9.53 Å². The van der Waals surface area contributed by atoms with Gasteiger partial charge in [-0.15, -0.1) is 0 Å². The summed E-state index contributed by atoms with van der Waals surface area (Å²) in [6.07, 6.45) is 0.552. The van der Waals surface area contributed by atoms with Crippen molar-refractivity contribution in [3.63, 3.8) is 0 Å². The van der Waals surface area contributed by atoms with E-state index in [1.807, 2.05) is 0 Å². The number of aromatic nitrogens is 2. The molecule has 0 radical (unpaired) electrons. The van der Waals surface area contributed by atoms with Gasteiger partial charge in [-0.2, -0.15) is 5.10 Å². The van der Waals surface area contributed by atoms with Crippen LogP contribution >= 0.6 is 15.9 Å². The zero-order valence-electron chi connectivity index (χ0n) is 12.4. The van der Waals surface area contributed by atoms with Crippen molar-refractivity contribution in [2.24, 2.45) is 0 Å². The topological polar surface area (TPSA) is 84.7 Å². The van der Waals surface area contributed by atoms with E-state index in [0.717, 1.165) is 0 Å². The Bertz CT molecular complexity index is 778. The second kappa shape index (κ2) is 6.70. The number of carboxylic acid groups (broad SMARTS) is 1. The first-order valence-corrected chi connectivity index (χ1v) is 7.90. The molecule has 1 aliphatic rings. The minimum atomic E-state index is -1.11. The van der Waals surface area contributed by atoms with Crippen molar-refractivity contribution in [1.82, 2.24) is 14.7 Å². The molecule has 126 valence electrons. The van der Waals surface area contributed by atoms with E-state index >= 15 is 0 Å². The van der Waals surface area contributed by atoms with Gasteiger partial charge < -0.3 is 14.7 Å². The summed E-state index contributed by atoms with van der Waals surface area (Å²) in [5.41, 5.74) is 0.756. The summed E-state index contributed by atoms with van der Waals surface area (Å²) in [7, 11) is 0. The number of benzene rings is 1. The number of amides is 1. The van der Waals surface area contributed by atoms with Crippen LogP contribution in [0.4, 0.5) is 4.39 Å². The maximum Gasteiger partial charge on any atom is 0.334 e. The van der Waals surface area contributed by atoms with Crippen LogP contribution in [0.3, 0.4) is 0 Å². The number of carbonyl (C=O) groups excluding carboxylic acids is 1. The summed E-state index contributed by atoms with van der Waals surface area (Å²) in [5, 5.41) is 13.2. The number of aliphatic carboxylic acids is 1. The second-order valence-electron chi connectivity index (χ2n) is 5.20. The molecule has 0 bridgehead atoms. The summed E-state index contributed by atoms with van der Waals surface area (Å²) < 4.78 is 20.0. The molecule has 2 heterocycles. The fourth-order valence-electron chi connectivity index (χ4n) is 2.36. The smallest absolute Gasteiger partial charge is 0.334 e. The van der Waals surface area contributed by atoms with Crippen LogP contribution in [0.5, 0.6) is 0 Å². The molecule has 1 aromatic carbocycles. The van der Waals surface area contributed by atoms with Crippen molar-refractivity contribution in [1.29, 1.82) is 0 Å². The van der Waals surface area contributed by atoms with Gasteiger partial charge in [0.15, 0.2) is 11.8 Å². The quantitative estimate of drug-likeness (QED) is 0.851. The zero-order chi connectivity index (χ0) is 17.3. The van der Waals surface area contributed by atoms with Crippen molar-refractivity contribution in [3.8, 4) is 5.69 Å². The third kappa shape index (κ3) is 3.31. The number of morpholine rings is 1. The van der Waals surface area contributed by atoms with Crippen LogP contribution in [0.1, 0.15) is 10.5 Å². The van der Waals surface area contributed by atoms with Gasteiger partial charge in [0.25, 0.3) is 5.91 Å². The molecule has 0 spiro atoms. The third-order valence-corrected chi connectivity index (χ3v) is 4.17. The number of carbonyl (C=O) groups is 2. The Morgan fingerprint density at radius 1 is 1.33 bits per heavy atom. The van der Waals surface area contributed by atoms with Gasteiger partial charge in [-0.1, -0.05) is 0 Å². The molecule has 9 heteroatoms. The maximum atomic E-state index is 13.0. The van der Waals surface area contributed by atoms with E-state index in [4.69, 9.17) is 9.84 Å². The van der Waals surface area contributed by atoms with E-state index in [-0.39, 0.29) is 24.7 Å². The minimum absolute atomic E-state index is 0.0377. The Hall–Kier alpha value is -2.26. The number of ether oxygens (including phenoxy) is 1. The molecule has 1 amide bonds. The van der Waals surface area contributed by atoms with Gasteiger partial charge in [0.05, 0.1) is 23.3 Å². The number of hydrogen-bond donors (Lipinski definition) is 1. The summed E-state index contributed by atoms with van der Waals surface area (Å²) >= 11 is 3.29. The van der Waals surface area contributed by atoms with E-state index in [2.05, 4.69) is 21.0 Å². The predicted octanol–water partition coefficient (Wildman–Crippen LogP) is 1.70. The molecule has 3 rings (SSSR count). The van der Waals surface area contributed by atoms with Crippen LogP contribution in [0.25, 0.3) is 5.69 Å². The number of nitrogens with zero attached hydrogens (tertiary/aromatic N) is 3. The van der Waals surface area contributed by atoms with E-state index in [9.17, 15) is 14.0 Å². The standard InChI is InChI=1S/C15H13BrFN3O4/c16-11-7-20(10-3-1-9(17)2-4-10)18-13(11)14(21)19-5-6-24-12(8-19)15(22)23/h1-4,7,12H,5-6,8H2,(H,22,23). The summed E-state index contributed by atoms with van der Waals surface area (Å²) in [5.74, 6) is -1.87. The van der Waals surface area contributed by atoms with Crippen LogP contribution in [0.2, 0.25) is 0 Å². The molecule has 2 aromatic rings. The highest BCUT2D eigenvalue weighted by Gasteiger charge is 2.31. The molecule has 7 nitrogen and oxygen atoms in total. The first-order valence-electron chi connectivity index (χ1n) is 7.10. The van der Waals surface area contributed by atoms with Crippen molar-refractivity contribution in [2.45, 2.75) is 6.10 Å². The summed E-state index contributed by atoms with van der Waals surface area (Å²) in [4.78, 5) is 25.0. The van der Waals surface area contributed by atoms with E-state index in [1.165, 1.54) is 33.8 Å². The molecule has 0 aliphatic carbocycles. The molecular formula is C15H13BrFN3O4. The Morgan fingerprint density at radius 3 is 2.71 bits per heavy atom. The largest absolute Gasteiger partial charge is 0.479 e. The van der Waals surface area contributed by atoms with Crippen molar-refractivity contribution < 1.29 is 23.8 Å². The van der Waals surface area contributed by atoms with Crippen LogP contribution < -0.4 is 0 Å². The van der Waals surface area contributed by atoms with Gasteiger partial charge in [-0.05, 0) is 40.2 Å². The Balaban J connectivity index is 1.83. The van der Waals surface area contributed by atoms with Crippen LogP contribution in [0, 0.1) is 5.82 Å². The highest BCUT2D eigenvalue weighted by atomic mass is 79.9.